The van der Waals surface area contributed by atoms with Crippen LogP contribution in [0.3, 0.4) is 0 Å². The van der Waals surface area contributed by atoms with Crippen LogP contribution in [0.15, 0.2) is 12.1 Å². The van der Waals surface area contributed by atoms with Gasteiger partial charge >= 0.3 is 12.1 Å². The third kappa shape index (κ3) is 3.38. The highest BCUT2D eigenvalue weighted by Crippen LogP contribution is 2.34. The molecule has 0 bridgehead atoms. The molecule has 1 rings (SSSR count). The molecule has 0 radical (unpaired) electrons. The molecule has 0 aliphatic carbocycles. The molecule has 102 valence electrons. The summed E-state index contributed by atoms with van der Waals surface area (Å²) in [7, 11) is 0. The van der Waals surface area contributed by atoms with E-state index in [1.54, 1.807) is 0 Å². The van der Waals surface area contributed by atoms with Gasteiger partial charge in [0.25, 0.3) is 0 Å². The maximum Gasteiger partial charge on any atom is 0.417 e. The predicted molar refractivity (Wildman–Crippen MR) is 61.7 cm³/mol. The quantitative estimate of drug-likeness (QED) is 0.632. The third-order valence-corrected chi connectivity index (χ3v) is 2.57. The monoisotopic (exact) mass is 291 g/mol. The second kappa shape index (κ2) is 5.93. The van der Waals surface area contributed by atoms with Crippen molar-refractivity contribution in [2.45, 2.75) is 19.0 Å². The van der Waals surface area contributed by atoms with E-state index < -0.39 is 28.8 Å². The lowest BCUT2D eigenvalue weighted by molar-refractivity contribution is -0.137. The number of hydrogen-bond acceptors (Lipinski definition) is 3. The fourth-order valence-corrected chi connectivity index (χ4v) is 1.65. The number of halogens is 4. The minimum absolute atomic E-state index is 0.00381. The molecule has 0 heterocycles. The van der Waals surface area contributed by atoms with Crippen LogP contribution in [0.5, 0.6) is 0 Å². The smallest absolute Gasteiger partial charge is 0.417 e. The average Bonchev–Trinajstić information content (AvgIpc) is 2.36. The van der Waals surface area contributed by atoms with E-state index in [9.17, 15) is 18.0 Å². The molecular weight excluding hydrogens is 283 g/mol. The first-order chi connectivity index (χ1) is 8.85. The largest absolute Gasteiger partial charge is 0.462 e. The van der Waals surface area contributed by atoms with Crippen LogP contribution in [0.2, 0.25) is 0 Å². The Kier molecular flexibility index (Phi) is 4.78. The molecular formula is C12H9ClF3NO2. The van der Waals surface area contributed by atoms with Crippen LogP contribution in [0.25, 0.3) is 0 Å². The number of hydrogen-bond donors (Lipinski definition) is 0. The SMILES string of the molecule is CCOC(=O)c1cc(CCl)cc(C(F)(F)F)c1C#N. The van der Waals surface area contributed by atoms with Crippen LogP contribution in [0.4, 0.5) is 13.2 Å². The summed E-state index contributed by atoms with van der Waals surface area (Å²) in [4.78, 5) is 11.6. The van der Waals surface area contributed by atoms with E-state index in [-0.39, 0.29) is 18.1 Å². The van der Waals surface area contributed by atoms with Crippen molar-refractivity contribution in [3.63, 3.8) is 0 Å². The fourth-order valence-electron chi connectivity index (χ4n) is 1.49. The van der Waals surface area contributed by atoms with Crippen molar-refractivity contribution in [3.8, 4) is 6.07 Å². The number of rotatable bonds is 3. The van der Waals surface area contributed by atoms with E-state index in [0.717, 1.165) is 12.1 Å². The lowest BCUT2D eigenvalue weighted by Gasteiger charge is -2.13. The number of carbonyl (C=O) groups is 1. The molecule has 0 aliphatic heterocycles. The Labute approximate surface area is 112 Å². The highest BCUT2D eigenvalue weighted by atomic mass is 35.5. The maximum atomic E-state index is 12.8. The van der Waals surface area contributed by atoms with Gasteiger partial charge in [0.05, 0.1) is 23.3 Å². The van der Waals surface area contributed by atoms with E-state index in [4.69, 9.17) is 16.9 Å². The average molecular weight is 292 g/mol. The number of benzene rings is 1. The van der Waals surface area contributed by atoms with Gasteiger partial charge in [0.1, 0.15) is 6.07 Å². The van der Waals surface area contributed by atoms with Gasteiger partial charge in [-0.25, -0.2) is 4.79 Å². The van der Waals surface area contributed by atoms with Gasteiger partial charge in [0.15, 0.2) is 0 Å². The van der Waals surface area contributed by atoms with Gasteiger partial charge in [0, 0.05) is 5.88 Å². The molecule has 0 saturated heterocycles. The summed E-state index contributed by atoms with van der Waals surface area (Å²) in [5, 5.41) is 8.85. The number of carbonyl (C=O) groups excluding carboxylic acids is 1. The Bertz CT molecular complexity index is 535. The summed E-state index contributed by atoms with van der Waals surface area (Å²) in [5.41, 5.74) is -2.26. The number of ether oxygens (including phenoxy) is 1. The summed E-state index contributed by atoms with van der Waals surface area (Å²) < 4.78 is 43.1. The van der Waals surface area contributed by atoms with E-state index in [2.05, 4.69) is 4.74 Å². The lowest BCUT2D eigenvalue weighted by Crippen LogP contribution is -2.15. The zero-order valence-electron chi connectivity index (χ0n) is 9.84. The topological polar surface area (TPSA) is 50.1 Å². The van der Waals surface area contributed by atoms with E-state index >= 15 is 0 Å². The van der Waals surface area contributed by atoms with Crippen molar-refractivity contribution in [1.82, 2.24) is 0 Å². The molecule has 19 heavy (non-hydrogen) atoms. The van der Waals surface area contributed by atoms with Gasteiger partial charge in [-0.05, 0) is 24.6 Å². The molecule has 0 spiro atoms. The minimum atomic E-state index is -4.74. The van der Waals surface area contributed by atoms with E-state index in [1.165, 1.54) is 13.0 Å². The van der Waals surface area contributed by atoms with Crippen molar-refractivity contribution < 1.29 is 22.7 Å². The van der Waals surface area contributed by atoms with Gasteiger partial charge in [0.2, 0.25) is 0 Å². The van der Waals surface area contributed by atoms with Crippen LogP contribution >= 0.6 is 11.6 Å². The zero-order valence-corrected chi connectivity index (χ0v) is 10.6. The number of nitrogens with zero attached hydrogens (tertiary/aromatic N) is 1. The third-order valence-electron chi connectivity index (χ3n) is 2.26. The molecule has 1 aromatic carbocycles. The first-order valence-corrected chi connectivity index (χ1v) is 5.75. The number of alkyl halides is 4. The second-order valence-corrected chi connectivity index (χ2v) is 3.80. The predicted octanol–water partition coefficient (Wildman–Crippen LogP) is 3.49. The highest BCUT2D eigenvalue weighted by Gasteiger charge is 2.36. The van der Waals surface area contributed by atoms with Gasteiger partial charge in [-0.3, -0.25) is 0 Å². The number of esters is 1. The van der Waals surface area contributed by atoms with Gasteiger partial charge < -0.3 is 4.74 Å². The van der Waals surface area contributed by atoms with Crippen molar-refractivity contribution in [2.24, 2.45) is 0 Å². The summed E-state index contributed by atoms with van der Waals surface area (Å²) in [5.74, 6) is -1.18. The molecule has 0 amide bonds. The summed E-state index contributed by atoms with van der Waals surface area (Å²) in [6.07, 6.45) is -4.74. The van der Waals surface area contributed by atoms with E-state index in [1.807, 2.05) is 0 Å². The van der Waals surface area contributed by atoms with Gasteiger partial charge in [-0.2, -0.15) is 18.4 Å². The molecule has 0 N–H and O–H groups in total. The zero-order chi connectivity index (χ0) is 14.6. The summed E-state index contributed by atoms with van der Waals surface area (Å²) in [6.45, 7) is 1.51. The van der Waals surface area contributed by atoms with Crippen LogP contribution < -0.4 is 0 Å². The molecule has 0 aliphatic rings. The normalized spacial score (nSPS) is 10.9. The maximum absolute atomic E-state index is 12.8. The van der Waals surface area contributed by atoms with Crippen LogP contribution in [-0.2, 0) is 16.8 Å². The van der Waals surface area contributed by atoms with E-state index in [0.29, 0.717) is 0 Å². The Morgan fingerprint density at radius 3 is 2.53 bits per heavy atom. The van der Waals surface area contributed by atoms with Crippen LogP contribution in [-0.4, -0.2) is 12.6 Å². The molecule has 3 nitrogen and oxygen atoms in total. The molecule has 1 aromatic rings. The highest BCUT2D eigenvalue weighted by molar-refractivity contribution is 6.17. The molecule has 0 atom stereocenters. The Morgan fingerprint density at radius 1 is 1.47 bits per heavy atom. The fraction of sp³-hybridized carbons (Fsp3) is 0.333. The number of nitriles is 1. The molecule has 0 aromatic heterocycles. The van der Waals surface area contributed by atoms with Crippen molar-refractivity contribution in [3.05, 3.63) is 34.4 Å². The first kappa shape index (κ1) is 15.3. The van der Waals surface area contributed by atoms with Gasteiger partial charge in [-0.1, -0.05) is 0 Å². The summed E-state index contributed by atoms with van der Waals surface area (Å²) >= 11 is 5.50. The van der Waals surface area contributed by atoms with Gasteiger partial charge in [-0.15, -0.1) is 11.6 Å². The Balaban J connectivity index is 3.54. The standard InChI is InChI=1S/C12H9ClF3NO2/c1-2-19-11(18)8-3-7(5-13)4-10(9(8)6-17)12(14,15)16/h3-4H,2,5H2,1H3. The van der Waals surface area contributed by atoms with Crippen LogP contribution in [0.1, 0.15) is 34.0 Å². The lowest BCUT2D eigenvalue weighted by atomic mass is 9.98. The summed E-state index contributed by atoms with van der Waals surface area (Å²) in [6, 6.07) is 3.29. The Morgan fingerprint density at radius 2 is 2.11 bits per heavy atom. The van der Waals surface area contributed by atoms with Crippen molar-refractivity contribution in [2.75, 3.05) is 6.61 Å². The van der Waals surface area contributed by atoms with Crippen LogP contribution in [0, 0.1) is 11.3 Å². The molecule has 0 unspecified atom stereocenters. The Hall–Kier alpha value is -1.74. The first-order valence-electron chi connectivity index (χ1n) is 5.22. The molecule has 7 heteroatoms. The molecule has 0 saturated carbocycles. The minimum Gasteiger partial charge on any atom is -0.462 e. The van der Waals surface area contributed by atoms with Crippen molar-refractivity contribution in [1.29, 1.82) is 5.26 Å². The second-order valence-electron chi connectivity index (χ2n) is 3.53. The van der Waals surface area contributed by atoms with Crippen molar-refractivity contribution >= 4 is 17.6 Å². The molecule has 0 fully saturated rings.